The van der Waals surface area contributed by atoms with Gasteiger partial charge in [0.1, 0.15) is 0 Å². The van der Waals surface area contributed by atoms with Gasteiger partial charge in [-0.3, -0.25) is 4.90 Å². The lowest BCUT2D eigenvalue weighted by Gasteiger charge is -2.13. The number of para-hydroxylation sites is 1. The number of anilines is 1. The predicted molar refractivity (Wildman–Crippen MR) is 50.1 cm³/mol. The van der Waals surface area contributed by atoms with Crippen LogP contribution in [0, 0.1) is 0 Å². The lowest BCUT2D eigenvalue weighted by molar-refractivity contribution is -0.191. The monoisotopic (exact) mass is 231 g/mol. The van der Waals surface area contributed by atoms with Crippen molar-refractivity contribution in [1.82, 2.24) is 0 Å². The van der Waals surface area contributed by atoms with Gasteiger partial charge in [-0.1, -0.05) is 18.2 Å². The third kappa shape index (κ3) is 1.95. The van der Waals surface area contributed by atoms with E-state index >= 15 is 0 Å². The van der Waals surface area contributed by atoms with E-state index in [4.69, 9.17) is 0 Å². The van der Waals surface area contributed by atoms with E-state index in [2.05, 4.69) is 4.74 Å². The van der Waals surface area contributed by atoms with Crippen LogP contribution in [0.25, 0.3) is 0 Å². The summed E-state index contributed by atoms with van der Waals surface area (Å²) >= 11 is 0. The second-order valence-corrected chi connectivity index (χ2v) is 3.36. The molecular formula is C10H8F3NO2. The fourth-order valence-electron chi connectivity index (χ4n) is 1.45. The number of amides is 1. The van der Waals surface area contributed by atoms with Crippen LogP contribution in [0.3, 0.4) is 0 Å². The van der Waals surface area contributed by atoms with Crippen LogP contribution in [0.1, 0.15) is 0 Å². The van der Waals surface area contributed by atoms with Gasteiger partial charge in [-0.05, 0) is 12.1 Å². The van der Waals surface area contributed by atoms with Crippen molar-refractivity contribution >= 4 is 11.8 Å². The summed E-state index contributed by atoms with van der Waals surface area (Å²) < 4.78 is 41.2. The van der Waals surface area contributed by atoms with Crippen molar-refractivity contribution in [3.8, 4) is 0 Å². The first kappa shape index (κ1) is 10.8. The Morgan fingerprint density at radius 2 is 1.88 bits per heavy atom. The Balaban J connectivity index is 2.18. The molecule has 86 valence electrons. The van der Waals surface area contributed by atoms with Crippen LogP contribution in [-0.4, -0.2) is 24.9 Å². The molecule has 0 spiro atoms. The summed E-state index contributed by atoms with van der Waals surface area (Å²) in [7, 11) is 0. The number of ether oxygens (including phenoxy) is 1. The minimum absolute atomic E-state index is 0.402. The molecule has 0 aliphatic carbocycles. The highest BCUT2D eigenvalue weighted by atomic mass is 19.4. The van der Waals surface area contributed by atoms with Gasteiger partial charge >= 0.3 is 12.3 Å². The van der Waals surface area contributed by atoms with Crippen LogP contribution < -0.4 is 4.90 Å². The fraction of sp³-hybridized carbons (Fsp3) is 0.300. The largest absolute Gasteiger partial charge is 0.434 e. The molecule has 16 heavy (non-hydrogen) atoms. The quantitative estimate of drug-likeness (QED) is 0.743. The van der Waals surface area contributed by atoms with Gasteiger partial charge in [-0.25, -0.2) is 4.79 Å². The lowest BCUT2D eigenvalue weighted by Crippen LogP contribution is -2.33. The minimum Gasteiger partial charge on any atom is -0.434 e. The molecule has 1 fully saturated rings. The van der Waals surface area contributed by atoms with E-state index < -0.39 is 24.9 Å². The number of nitrogens with zero attached hydrogens (tertiary/aromatic N) is 1. The Morgan fingerprint density at radius 1 is 1.25 bits per heavy atom. The zero-order chi connectivity index (χ0) is 11.8. The van der Waals surface area contributed by atoms with E-state index in [1.165, 1.54) is 0 Å². The fourth-order valence-corrected chi connectivity index (χ4v) is 1.45. The molecule has 1 unspecified atom stereocenters. The Labute approximate surface area is 89.4 Å². The van der Waals surface area contributed by atoms with Gasteiger partial charge in [0.05, 0.1) is 6.54 Å². The van der Waals surface area contributed by atoms with Crippen molar-refractivity contribution in [2.45, 2.75) is 12.3 Å². The van der Waals surface area contributed by atoms with Gasteiger partial charge in [-0.2, -0.15) is 13.2 Å². The summed E-state index contributed by atoms with van der Waals surface area (Å²) in [5.41, 5.74) is 0.402. The van der Waals surface area contributed by atoms with Gasteiger partial charge in [0.2, 0.25) is 6.10 Å². The molecule has 1 aromatic carbocycles. The van der Waals surface area contributed by atoms with E-state index in [-0.39, 0.29) is 0 Å². The minimum atomic E-state index is -4.51. The molecule has 0 aromatic heterocycles. The Morgan fingerprint density at radius 3 is 2.38 bits per heavy atom. The first-order valence-corrected chi connectivity index (χ1v) is 4.58. The SMILES string of the molecule is O=C1OC(C(F)(F)F)CN1c1ccccc1. The maximum Gasteiger partial charge on any atom is 0.427 e. The molecule has 1 heterocycles. The molecule has 3 nitrogen and oxygen atoms in total. The van der Waals surface area contributed by atoms with Crippen LogP contribution in [-0.2, 0) is 4.74 Å². The van der Waals surface area contributed by atoms with Gasteiger partial charge in [0.15, 0.2) is 0 Å². The van der Waals surface area contributed by atoms with E-state index in [9.17, 15) is 18.0 Å². The zero-order valence-corrected chi connectivity index (χ0v) is 8.07. The van der Waals surface area contributed by atoms with Crippen LogP contribution in [0.15, 0.2) is 30.3 Å². The maximum absolute atomic E-state index is 12.3. The van der Waals surface area contributed by atoms with Crippen molar-refractivity contribution in [1.29, 1.82) is 0 Å². The summed E-state index contributed by atoms with van der Waals surface area (Å²) in [5, 5.41) is 0. The number of alkyl halides is 3. The number of carbonyl (C=O) groups is 1. The van der Waals surface area contributed by atoms with Crippen molar-refractivity contribution in [2.24, 2.45) is 0 Å². The Hall–Kier alpha value is -1.72. The highest BCUT2D eigenvalue weighted by molar-refractivity contribution is 5.89. The molecule has 1 aliphatic heterocycles. The molecule has 0 radical (unpaired) electrons. The first-order chi connectivity index (χ1) is 7.48. The number of halogens is 3. The zero-order valence-electron chi connectivity index (χ0n) is 8.07. The third-order valence-electron chi connectivity index (χ3n) is 2.24. The number of cyclic esters (lactones) is 1. The van der Waals surface area contributed by atoms with E-state index in [1.54, 1.807) is 30.3 Å². The summed E-state index contributed by atoms with van der Waals surface area (Å²) in [5.74, 6) is 0. The summed E-state index contributed by atoms with van der Waals surface area (Å²) in [6, 6.07) is 8.11. The Bertz CT molecular complexity index is 391. The normalized spacial score (nSPS) is 21.1. The van der Waals surface area contributed by atoms with Gasteiger partial charge in [0.25, 0.3) is 0 Å². The smallest absolute Gasteiger partial charge is 0.427 e. The summed E-state index contributed by atoms with van der Waals surface area (Å²) in [4.78, 5) is 12.2. The van der Waals surface area contributed by atoms with Crippen molar-refractivity contribution in [3.63, 3.8) is 0 Å². The second-order valence-electron chi connectivity index (χ2n) is 3.36. The second kappa shape index (κ2) is 3.70. The predicted octanol–water partition coefficient (Wildman–Crippen LogP) is 2.57. The highest BCUT2D eigenvalue weighted by Crippen LogP contribution is 2.30. The van der Waals surface area contributed by atoms with Gasteiger partial charge < -0.3 is 4.74 Å². The average molecular weight is 231 g/mol. The Kier molecular flexibility index (Phi) is 2.49. The lowest BCUT2D eigenvalue weighted by atomic mass is 10.3. The van der Waals surface area contributed by atoms with E-state index in [0.29, 0.717) is 5.69 Å². The van der Waals surface area contributed by atoms with Crippen molar-refractivity contribution < 1.29 is 22.7 Å². The molecule has 0 N–H and O–H groups in total. The average Bonchev–Trinajstić information content (AvgIpc) is 2.61. The molecule has 0 saturated carbocycles. The number of rotatable bonds is 1. The third-order valence-corrected chi connectivity index (χ3v) is 2.24. The molecular weight excluding hydrogens is 223 g/mol. The van der Waals surface area contributed by atoms with Crippen LogP contribution >= 0.6 is 0 Å². The van der Waals surface area contributed by atoms with Crippen LogP contribution in [0.5, 0.6) is 0 Å². The molecule has 2 rings (SSSR count). The topological polar surface area (TPSA) is 29.5 Å². The van der Waals surface area contributed by atoms with E-state index in [0.717, 1.165) is 4.90 Å². The first-order valence-electron chi connectivity index (χ1n) is 4.58. The summed E-state index contributed by atoms with van der Waals surface area (Å²) in [6.45, 7) is -0.494. The molecule has 1 saturated heterocycles. The van der Waals surface area contributed by atoms with Crippen molar-refractivity contribution in [2.75, 3.05) is 11.4 Å². The van der Waals surface area contributed by atoms with Gasteiger partial charge in [0, 0.05) is 5.69 Å². The molecule has 1 aliphatic rings. The maximum atomic E-state index is 12.3. The van der Waals surface area contributed by atoms with E-state index in [1.807, 2.05) is 0 Å². The number of carbonyl (C=O) groups excluding carboxylic acids is 1. The number of benzene rings is 1. The van der Waals surface area contributed by atoms with Crippen LogP contribution in [0.4, 0.5) is 23.7 Å². The number of hydrogen-bond donors (Lipinski definition) is 0. The molecule has 6 heteroatoms. The number of hydrogen-bond acceptors (Lipinski definition) is 2. The highest BCUT2D eigenvalue weighted by Gasteiger charge is 2.49. The van der Waals surface area contributed by atoms with Crippen LogP contribution in [0.2, 0.25) is 0 Å². The molecule has 1 amide bonds. The van der Waals surface area contributed by atoms with Crippen molar-refractivity contribution in [3.05, 3.63) is 30.3 Å². The summed E-state index contributed by atoms with van der Waals surface area (Å²) in [6.07, 6.45) is -7.52. The van der Waals surface area contributed by atoms with Gasteiger partial charge in [-0.15, -0.1) is 0 Å². The molecule has 0 bridgehead atoms. The molecule has 1 atom stereocenters. The standard InChI is InChI=1S/C10H8F3NO2/c11-10(12,13)8-6-14(9(15)16-8)7-4-2-1-3-5-7/h1-5,8H,6H2. The molecule has 1 aromatic rings.